The fourth-order valence-electron chi connectivity index (χ4n) is 3.56. The molecule has 1 aliphatic rings. The number of ether oxygens (including phenoxy) is 1. The maximum atomic E-state index is 13.2. The average Bonchev–Trinajstić information content (AvgIpc) is 2.71. The van der Waals surface area contributed by atoms with Gasteiger partial charge in [-0.25, -0.2) is 0 Å². The van der Waals surface area contributed by atoms with Crippen molar-refractivity contribution in [3.05, 3.63) is 65.2 Å². The van der Waals surface area contributed by atoms with Crippen LogP contribution in [-0.4, -0.2) is 36.4 Å². The van der Waals surface area contributed by atoms with Crippen LogP contribution in [0.5, 0.6) is 5.75 Å². The quantitative estimate of drug-likeness (QED) is 0.838. The minimum Gasteiger partial charge on any atom is -0.497 e. The molecule has 0 fully saturated rings. The van der Waals surface area contributed by atoms with Gasteiger partial charge in [0.05, 0.1) is 13.5 Å². The number of methoxy groups -OCH3 is 1. The van der Waals surface area contributed by atoms with Crippen LogP contribution in [0.2, 0.25) is 0 Å². The van der Waals surface area contributed by atoms with E-state index < -0.39 is 6.04 Å². The van der Waals surface area contributed by atoms with Gasteiger partial charge in [-0.3, -0.25) is 9.59 Å². The maximum Gasteiger partial charge on any atom is 0.245 e. The lowest BCUT2D eigenvalue weighted by Gasteiger charge is -2.33. The Kier molecular flexibility index (Phi) is 6.34. The highest BCUT2D eigenvalue weighted by atomic mass is 16.5. The van der Waals surface area contributed by atoms with Crippen LogP contribution in [0.25, 0.3) is 0 Å². The van der Waals surface area contributed by atoms with E-state index >= 15 is 0 Å². The second kappa shape index (κ2) is 8.91. The molecule has 1 unspecified atom stereocenters. The third-order valence-electron chi connectivity index (χ3n) is 5.19. The van der Waals surface area contributed by atoms with E-state index in [1.807, 2.05) is 61.2 Å². The van der Waals surface area contributed by atoms with Crippen LogP contribution in [0.4, 0.5) is 0 Å². The van der Waals surface area contributed by atoms with E-state index in [9.17, 15) is 9.59 Å². The van der Waals surface area contributed by atoms with Crippen molar-refractivity contribution in [3.63, 3.8) is 0 Å². The lowest BCUT2D eigenvalue weighted by Crippen LogP contribution is -2.52. The number of fused-ring (bicyclic) bond motifs is 1. The van der Waals surface area contributed by atoms with Gasteiger partial charge in [-0.2, -0.15) is 0 Å². The Labute approximate surface area is 166 Å². The van der Waals surface area contributed by atoms with Crippen LogP contribution in [0.1, 0.15) is 30.5 Å². The van der Waals surface area contributed by atoms with Crippen molar-refractivity contribution in [1.82, 2.24) is 10.2 Å². The number of hydrogen-bond acceptors (Lipinski definition) is 3. The average molecular weight is 380 g/mol. The summed E-state index contributed by atoms with van der Waals surface area (Å²) in [5.41, 5.74) is 3.30. The Morgan fingerprint density at radius 2 is 1.86 bits per heavy atom. The molecule has 148 valence electrons. The summed E-state index contributed by atoms with van der Waals surface area (Å²) in [6.45, 7) is 5.14. The Bertz CT molecular complexity index is 833. The number of carbonyl (C=O) groups is 2. The molecule has 1 atom stereocenters. The molecule has 0 saturated heterocycles. The first-order chi connectivity index (χ1) is 13.5. The minimum absolute atomic E-state index is 0.0129. The molecule has 5 nitrogen and oxygen atoms in total. The minimum atomic E-state index is -0.525. The lowest BCUT2D eigenvalue weighted by atomic mass is 9.96. The Balaban J connectivity index is 1.68. The van der Waals surface area contributed by atoms with Gasteiger partial charge >= 0.3 is 0 Å². The number of nitrogens with one attached hydrogen (secondary N) is 1. The molecule has 1 N–H and O–H groups in total. The van der Waals surface area contributed by atoms with Crippen molar-refractivity contribution < 1.29 is 14.3 Å². The van der Waals surface area contributed by atoms with Crippen molar-refractivity contribution in [3.8, 4) is 5.75 Å². The first-order valence-electron chi connectivity index (χ1n) is 9.75. The summed E-state index contributed by atoms with van der Waals surface area (Å²) < 4.78 is 5.31. The Morgan fingerprint density at radius 1 is 1.11 bits per heavy atom. The first kappa shape index (κ1) is 19.9. The monoisotopic (exact) mass is 380 g/mol. The van der Waals surface area contributed by atoms with Gasteiger partial charge < -0.3 is 15.0 Å². The summed E-state index contributed by atoms with van der Waals surface area (Å²) in [6.07, 6.45) is 1.09. The van der Waals surface area contributed by atoms with Gasteiger partial charge in [0, 0.05) is 13.1 Å². The predicted octanol–water partition coefficient (Wildman–Crippen LogP) is 2.96. The van der Waals surface area contributed by atoms with Gasteiger partial charge in [0.15, 0.2) is 0 Å². The van der Waals surface area contributed by atoms with E-state index in [4.69, 9.17) is 4.74 Å². The third kappa shape index (κ3) is 4.71. The van der Waals surface area contributed by atoms with Crippen LogP contribution in [0, 0.1) is 5.92 Å². The van der Waals surface area contributed by atoms with Gasteiger partial charge in [-0.1, -0.05) is 50.2 Å². The zero-order chi connectivity index (χ0) is 20.1. The summed E-state index contributed by atoms with van der Waals surface area (Å²) >= 11 is 0. The lowest BCUT2D eigenvalue weighted by molar-refractivity contribution is -0.138. The molecule has 28 heavy (non-hydrogen) atoms. The summed E-state index contributed by atoms with van der Waals surface area (Å²) in [5.74, 6) is 0.658. The number of hydrogen-bond donors (Lipinski definition) is 1. The number of benzene rings is 2. The molecule has 0 spiro atoms. The summed E-state index contributed by atoms with van der Waals surface area (Å²) in [5, 5.41) is 2.95. The second-order valence-electron chi connectivity index (χ2n) is 7.60. The predicted molar refractivity (Wildman–Crippen MR) is 109 cm³/mol. The molecule has 1 heterocycles. The van der Waals surface area contributed by atoms with Crippen molar-refractivity contribution in [2.75, 3.05) is 13.7 Å². The number of amides is 2. The molecule has 0 aliphatic carbocycles. The zero-order valence-corrected chi connectivity index (χ0v) is 16.8. The van der Waals surface area contributed by atoms with Crippen molar-refractivity contribution in [2.45, 2.75) is 39.3 Å². The highest BCUT2D eigenvalue weighted by molar-refractivity contribution is 5.88. The molecule has 0 bridgehead atoms. The smallest absolute Gasteiger partial charge is 0.245 e. The van der Waals surface area contributed by atoms with Gasteiger partial charge in [0.25, 0.3) is 0 Å². The van der Waals surface area contributed by atoms with E-state index in [1.165, 1.54) is 5.56 Å². The van der Waals surface area contributed by atoms with E-state index in [-0.39, 0.29) is 24.2 Å². The number of rotatable bonds is 6. The Hall–Kier alpha value is -2.82. The number of nitrogens with zero attached hydrogens (tertiary/aromatic N) is 1. The van der Waals surface area contributed by atoms with Crippen LogP contribution < -0.4 is 10.1 Å². The summed E-state index contributed by atoms with van der Waals surface area (Å²) in [4.78, 5) is 27.5. The normalized spacial score (nSPS) is 14.4. The maximum absolute atomic E-state index is 13.2. The van der Waals surface area contributed by atoms with Crippen LogP contribution in [0.15, 0.2) is 48.5 Å². The van der Waals surface area contributed by atoms with Crippen LogP contribution >= 0.6 is 0 Å². The van der Waals surface area contributed by atoms with Crippen molar-refractivity contribution >= 4 is 11.8 Å². The molecule has 0 radical (unpaired) electrons. The number of carbonyl (C=O) groups excluding carboxylic acids is 2. The van der Waals surface area contributed by atoms with E-state index in [1.54, 1.807) is 7.11 Å². The van der Waals surface area contributed by atoms with Gasteiger partial charge in [-0.05, 0) is 41.2 Å². The van der Waals surface area contributed by atoms with Crippen LogP contribution in [-0.2, 0) is 29.0 Å². The Morgan fingerprint density at radius 3 is 2.54 bits per heavy atom. The van der Waals surface area contributed by atoms with E-state index in [0.29, 0.717) is 13.1 Å². The van der Waals surface area contributed by atoms with Gasteiger partial charge in [0.1, 0.15) is 11.8 Å². The highest BCUT2D eigenvalue weighted by Crippen LogP contribution is 2.24. The molecule has 0 saturated carbocycles. The van der Waals surface area contributed by atoms with Gasteiger partial charge in [0.2, 0.25) is 11.8 Å². The fourth-order valence-corrected chi connectivity index (χ4v) is 3.56. The molecule has 3 rings (SSSR count). The molecule has 2 aromatic carbocycles. The van der Waals surface area contributed by atoms with Crippen molar-refractivity contribution in [1.29, 1.82) is 0 Å². The molecule has 2 amide bonds. The van der Waals surface area contributed by atoms with E-state index in [0.717, 1.165) is 23.3 Å². The van der Waals surface area contributed by atoms with Crippen LogP contribution in [0.3, 0.4) is 0 Å². The second-order valence-corrected chi connectivity index (χ2v) is 7.60. The van der Waals surface area contributed by atoms with Gasteiger partial charge in [-0.15, -0.1) is 0 Å². The standard InChI is InChI=1S/C23H28N2O3/c1-16(2)22(24-21(26)13-17-7-5-4-6-8-17)23(27)25-12-11-18-9-10-20(28-3)14-19(18)15-25/h4-10,14,16,22H,11-13,15H2,1-3H3,(H,24,26). The topological polar surface area (TPSA) is 58.6 Å². The third-order valence-corrected chi connectivity index (χ3v) is 5.19. The molecular formula is C23H28N2O3. The summed E-state index contributed by atoms with van der Waals surface area (Å²) in [7, 11) is 1.64. The molecule has 2 aromatic rings. The largest absolute Gasteiger partial charge is 0.497 e. The zero-order valence-electron chi connectivity index (χ0n) is 16.8. The fraction of sp³-hybridized carbons (Fsp3) is 0.391. The summed E-state index contributed by atoms with van der Waals surface area (Å²) in [6, 6.07) is 15.1. The van der Waals surface area contributed by atoms with Crippen molar-refractivity contribution in [2.24, 2.45) is 5.92 Å². The molecule has 0 aromatic heterocycles. The highest BCUT2D eigenvalue weighted by Gasteiger charge is 2.30. The van der Waals surface area contributed by atoms with E-state index in [2.05, 4.69) is 11.4 Å². The first-order valence-corrected chi connectivity index (χ1v) is 9.75. The SMILES string of the molecule is COc1ccc2c(c1)CN(C(=O)C(NC(=O)Cc1ccccc1)C(C)C)CC2. The molecular weight excluding hydrogens is 352 g/mol. The molecule has 5 heteroatoms. The molecule has 1 aliphatic heterocycles.